The molecule has 88 valence electrons. The third kappa shape index (κ3) is 3.56. The van der Waals surface area contributed by atoms with E-state index in [0.29, 0.717) is 0 Å². The number of benzene rings is 1. The van der Waals surface area contributed by atoms with Crippen LogP contribution in [0.3, 0.4) is 0 Å². The molecule has 0 radical (unpaired) electrons. The number of aliphatic carboxylic acids is 1. The fourth-order valence-electron chi connectivity index (χ4n) is 1.35. The fourth-order valence-corrected chi connectivity index (χ4v) is 2.30. The first-order valence-electron chi connectivity index (χ1n) is 5.47. The molecule has 0 aromatic heterocycles. The molecule has 0 atom stereocenters. The van der Waals surface area contributed by atoms with Crippen LogP contribution in [0.1, 0.15) is 32.8 Å². The molecule has 1 rings (SSSR count). The highest BCUT2D eigenvalue weighted by Gasteiger charge is 2.28. The number of thioether (sulfide) groups is 1. The fraction of sp³-hybridized carbons (Fsp3) is 0.462. The number of carboxylic acid groups (broad SMARTS) is 1. The van der Waals surface area contributed by atoms with Gasteiger partial charge in [0.15, 0.2) is 0 Å². The van der Waals surface area contributed by atoms with Crippen molar-refractivity contribution in [2.24, 2.45) is 0 Å². The van der Waals surface area contributed by atoms with Crippen molar-refractivity contribution in [3.05, 3.63) is 29.8 Å². The second-order valence-electron chi connectivity index (χ2n) is 4.31. The molecule has 1 aromatic rings. The van der Waals surface area contributed by atoms with E-state index >= 15 is 0 Å². The van der Waals surface area contributed by atoms with Gasteiger partial charge in [-0.25, -0.2) is 0 Å². The van der Waals surface area contributed by atoms with Gasteiger partial charge in [0.1, 0.15) is 4.75 Å². The van der Waals surface area contributed by atoms with E-state index in [1.807, 2.05) is 12.1 Å². The minimum absolute atomic E-state index is 0.772. The molecule has 0 unspecified atom stereocenters. The number of hydrogen-bond donors (Lipinski definition) is 1. The molecular formula is C13H18O2S. The summed E-state index contributed by atoms with van der Waals surface area (Å²) in [6.07, 6.45) is 2.21. The van der Waals surface area contributed by atoms with Gasteiger partial charge in [-0.15, -0.1) is 11.8 Å². The minimum atomic E-state index is -0.782. The molecule has 0 aliphatic carbocycles. The first-order valence-corrected chi connectivity index (χ1v) is 6.28. The molecule has 3 heteroatoms. The van der Waals surface area contributed by atoms with E-state index in [1.54, 1.807) is 13.8 Å². The van der Waals surface area contributed by atoms with Crippen LogP contribution in [0.5, 0.6) is 0 Å². The molecule has 0 saturated heterocycles. The molecular weight excluding hydrogens is 220 g/mol. The van der Waals surface area contributed by atoms with Gasteiger partial charge in [0, 0.05) is 4.90 Å². The summed E-state index contributed by atoms with van der Waals surface area (Å²) < 4.78 is -0.772. The van der Waals surface area contributed by atoms with Crippen LogP contribution in [0.4, 0.5) is 0 Å². The average molecular weight is 238 g/mol. The lowest BCUT2D eigenvalue weighted by Gasteiger charge is -2.18. The van der Waals surface area contributed by atoms with Crippen molar-refractivity contribution in [2.45, 2.75) is 43.3 Å². The topological polar surface area (TPSA) is 37.3 Å². The number of carboxylic acids is 1. The molecule has 1 N–H and O–H groups in total. The maximum atomic E-state index is 11.0. The SMILES string of the molecule is CCCc1ccc(SC(C)(C)C(=O)O)cc1. The van der Waals surface area contributed by atoms with Crippen molar-refractivity contribution < 1.29 is 9.90 Å². The zero-order valence-electron chi connectivity index (χ0n) is 9.99. The molecule has 0 amide bonds. The third-order valence-corrected chi connectivity index (χ3v) is 3.54. The van der Waals surface area contributed by atoms with Gasteiger partial charge in [-0.3, -0.25) is 4.79 Å². The number of hydrogen-bond acceptors (Lipinski definition) is 2. The first-order chi connectivity index (χ1) is 7.45. The molecule has 0 aliphatic rings. The quantitative estimate of drug-likeness (QED) is 0.796. The van der Waals surface area contributed by atoms with Crippen molar-refractivity contribution in [1.82, 2.24) is 0 Å². The Labute approximate surface area is 101 Å². The lowest BCUT2D eigenvalue weighted by atomic mass is 10.1. The lowest BCUT2D eigenvalue weighted by Crippen LogP contribution is -2.26. The van der Waals surface area contributed by atoms with E-state index in [-0.39, 0.29) is 0 Å². The summed E-state index contributed by atoms with van der Waals surface area (Å²) in [4.78, 5) is 12.0. The highest BCUT2D eigenvalue weighted by atomic mass is 32.2. The van der Waals surface area contributed by atoms with Gasteiger partial charge in [0.25, 0.3) is 0 Å². The summed E-state index contributed by atoms with van der Waals surface area (Å²) in [5.74, 6) is -0.782. The Morgan fingerprint density at radius 3 is 2.31 bits per heavy atom. The predicted molar refractivity (Wildman–Crippen MR) is 68.0 cm³/mol. The first kappa shape index (κ1) is 13.1. The van der Waals surface area contributed by atoms with Crippen molar-refractivity contribution in [2.75, 3.05) is 0 Å². The van der Waals surface area contributed by atoms with E-state index in [0.717, 1.165) is 17.7 Å². The monoisotopic (exact) mass is 238 g/mol. The molecule has 0 fully saturated rings. The Kier molecular flexibility index (Phi) is 4.42. The van der Waals surface area contributed by atoms with Crippen molar-refractivity contribution in [3.8, 4) is 0 Å². The minimum Gasteiger partial charge on any atom is -0.480 e. The predicted octanol–water partition coefficient (Wildman–Crippen LogP) is 3.59. The van der Waals surface area contributed by atoms with Crippen LogP contribution < -0.4 is 0 Å². The Balaban J connectivity index is 2.72. The van der Waals surface area contributed by atoms with E-state index < -0.39 is 10.7 Å². The van der Waals surface area contributed by atoms with Gasteiger partial charge < -0.3 is 5.11 Å². The summed E-state index contributed by atoms with van der Waals surface area (Å²) in [5, 5.41) is 9.02. The van der Waals surface area contributed by atoms with Gasteiger partial charge in [-0.05, 0) is 38.0 Å². The second kappa shape index (κ2) is 5.39. The molecule has 1 aromatic carbocycles. The van der Waals surface area contributed by atoms with Crippen molar-refractivity contribution >= 4 is 17.7 Å². The highest BCUT2D eigenvalue weighted by Crippen LogP contribution is 2.32. The molecule has 0 spiro atoms. The summed E-state index contributed by atoms with van der Waals surface area (Å²) in [5.41, 5.74) is 1.31. The standard InChI is InChI=1S/C13H18O2S/c1-4-5-10-6-8-11(9-7-10)16-13(2,3)12(14)15/h6-9H,4-5H2,1-3H3,(H,14,15). The van der Waals surface area contributed by atoms with E-state index in [9.17, 15) is 4.79 Å². The molecule has 0 aliphatic heterocycles. The maximum Gasteiger partial charge on any atom is 0.319 e. The van der Waals surface area contributed by atoms with E-state index in [4.69, 9.17) is 5.11 Å². The highest BCUT2D eigenvalue weighted by molar-refractivity contribution is 8.01. The van der Waals surface area contributed by atoms with Crippen LogP contribution >= 0.6 is 11.8 Å². The molecule has 0 bridgehead atoms. The lowest BCUT2D eigenvalue weighted by molar-refractivity contribution is -0.138. The summed E-state index contributed by atoms with van der Waals surface area (Å²) >= 11 is 1.38. The maximum absolute atomic E-state index is 11.0. The Morgan fingerprint density at radius 2 is 1.88 bits per heavy atom. The summed E-state index contributed by atoms with van der Waals surface area (Å²) in [7, 11) is 0. The van der Waals surface area contributed by atoms with Crippen LogP contribution in [-0.4, -0.2) is 15.8 Å². The smallest absolute Gasteiger partial charge is 0.319 e. The van der Waals surface area contributed by atoms with Gasteiger partial charge >= 0.3 is 5.97 Å². The normalized spacial score (nSPS) is 11.4. The largest absolute Gasteiger partial charge is 0.480 e. The van der Waals surface area contributed by atoms with Gasteiger partial charge in [0.05, 0.1) is 0 Å². The van der Waals surface area contributed by atoms with Crippen LogP contribution in [0.25, 0.3) is 0 Å². The van der Waals surface area contributed by atoms with Gasteiger partial charge in [0.2, 0.25) is 0 Å². The molecule has 16 heavy (non-hydrogen) atoms. The second-order valence-corrected chi connectivity index (χ2v) is 6.01. The number of carbonyl (C=O) groups is 1. The van der Waals surface area contributed by atoms with Crippen molar-refractivity contribution in [3.63, 3.8) is 0 Å². The van der Waals surface area contributed by atoms with Crippen LogP contribution in [0.2, 0.25) is 0 Å². The van der Waals surface area contributed by atoms with Crippen LogP contribution in [0, 0.1) is 0 Å². The number of rotatable bonds is 5. The summed E-state index contributed by atoms with van der Waals surface area (Å²) in [6.45, 7) is 5.59. The van der Waals surface area contributed by atoms with E-state index in [2.05, 4.69) is 19.1 Å². The molecule has 0 saturated carbocycles. The van der Waals surface area contributed by atoms with Gasteiger partial charge in [-0.2, -0.15) is 0 Å². The Hall–Kier alpha value is -0.960. The zero-order chi connectivity index (χ0) is 12.2. The zero-order valence-corrected chi connectivity index (χ0v) is 10.8. The van der Waals surface area contributed by atoms with Crippen LogP contribution in [0.15, 0.2) is 29.2 Å². The van der Waals surface area contributed by atoms with Gasteiger partial charge in [-0.1, -0.05) is 25.5 Å². The Morgan fingerprint density at radius 1 is 1.31 bits per heavy atom. The van der Waals surface area contributed by atoms with E-state index in [1.165, 1.54) is 17.3 Å². The Bertz CT molecular complexity index is 355. The average Bonchev–Trinajstić information content (AvgIpc) is 2.21. The number of aryl methyl sites for hydroxylation is 1. The van der Waals surface area contributed by atoms with Crippen LogP contribution in [-0.2, 0) is 11.2 Å². The summed E-state index contributed by atoms with van der Waals surface area (Å²) in [6, 6.07) is 8.15. The molecule has 2 nitrogen and oxygen atoms in total. The molecule has 0 heterocycles. The third-order valence-electron chi connectivity index (χ3n) is 2.35. The van der Waals surface area contributed by atoms with Crippen molar-refractivity contribution in [1.29, 1.82) is 0 Å².